The van der Waals surface area contributed by atoms with Gasteiger partial charge in [0.15, 0.2) is 0 Å². The molecule has 128 valence electrons. The topological polar surface area (TPSA) is 54.5 Å². The van der Waals surface area contributed by atoms with Gasteiger partial charge in [-0.05, 0) is 57.0 Å². The van der Waals surface area contributed by atoms with E-state index >= 15 is 0 Å². The number of hydrogen-bond acceptors (Lipinski definition) is 5. The first kappa shape index (κ1) is 16.7. The van der Waals surface area contributed by atoms with Crippen LogP contribution in [0.2, 0.25) is 0 Å². The number of benzene rings is 1. The molecular weight excluding hydrogens is 302 g/mol. The normalized spacial score (nSPS) is 15.4. The lowest BCUT2D eigenvalue weighted by atomic mass is 10.0. The molecule has 5 heteroatoms. The lowest BCUT2D eigenvalue weighted by Crippen LogP contribution is -2.30. The van der Waals surface area contributed by atoms with E-state index in [2.05, 4.69) is 41.2 Å². The number of nitrogens with one attached hydrogen (secondary N) is 1. The Morgan fingerprint density at radius 2 is 2.04 bits per heavy atom. The summed E-state index contributed by atoms with van der Waals surface area (Å²) < 4.78 is 5.27. The van der Waals surface area contributed by atoms with E-state index in [0.717, 1.165) is 49.2 Å². The Balaban J connectivity index is 2.20. The molecule has 2 heterocycles. The Bertz CT molecular complexity index is 750. The standard InChI is InChI=1S/C19H25N3O2/c1-4-24-19(23)16-12-21-17-11-14(3)13(2)10-15(17)18(16)22-8-5-6-20-7-9-22/h10-12,20H,4-9H2,1-3H3. The van der Waals surface area contributed by atoms with Gasteiger partial charge >= 0.3 is 5.97 Å². The summed E-state index contributed by atoms with van der Waals surface area (Å²) in [6.07, 6.45) is 2.72. The summed E-state index contributed by atoms with van der Waals surface area (Å²) in [5.41, 5.74) is 4.87. The number of fused-ring (bicyclic) bond motifs is 1. The summed E-state index contributed by atoms with van der Waals surface area (Å²) in [5, 5.41) is 4.45. The van der Waals surface area contributed by atoms with Gasteiger partial charge in [-0.15, -0.1) is 0 Å². The fourth-order valence-electron chi connectivity index (χ4n) is 3.21. The molecule has 24 heavy (non-hydrogen) atoms. The number of esters is 1. The van der Waals surface area contributed by atoms with Crippen LogP contribution in [0.1, 0.15) is 34.8 Å². The quantitative estimate of drug-likeness (QED) is 0.879. The van der Waals surface area contributed by atoms with Crippen molar-refractivity contribution in [3.63, 3.8) is 0 Å². The number of rotatable bonds is 3. The second-order valence-electron chi connectivity index (χ2n) is 6.29. The average Bonchev–Trinajstić information content (AvgIpc) is 2.84. The van der Waals surface area contributed by atoms with Gasteiger partial charge in [-0.25, -0.2) is 4.79 Å². The molecule has 3 rings (SSSR count). The van der Waals surface area contributed by atoms with Crippen LogP contribution >= 0.6 is 0 Å². The molecular formula is C19H25N3O2. The number of aromatic nitrogens is 1. The number of pyridine rings is 1. The zero-order chi connectivity index (χ0) is 17.1. The molecule has 2 aromatic rings. The third-order valence-electron chi connectivity index (χ3n) is 4.61. The highest BCUT2D eigenvalue weighted by molar-refractivity contribution is 6.05. The van der Waals surface area contributed by atoms with Crippen molar-refractivity contribution in [3.8, 4) is 0 Å². The third-order valence-corrected chi connectivity index (χ3v) is 4.61. The van der Waals surface area contributed by atoms with Crippen LogP contribution in [0.5, 0.6) is 0 Å². The monoisotopic (exact) mass is 327 g/mol. The van der Waals surface area contributed by atoms with Crippen molar-refractivity contribution in [3.05, 3.63) is 35.0 Å². The minimum absolute atomic E-state index is 0.294. The Morgan fingerprint density at radius 1 is 1.25 bits per heavy atom. The van der Waals surface area contributed by atoms with Crippen molar-refractivity contribution >= 4 is 22.6 Å². The predicted molar refractivity (Wildman–Crippen MR) is 96.9 cm³/mol. The number of carbonyl (C=O) groups excluding carboxylic acids is 1. The molecule has 1 saturated heterocycles. The number of carbonyl (C=O) groups is 1. The lowest BCUT2D eigenvalue weighted by Gasteiger charge is -2.26. The first-order chi connectivity index (χ1) is 11.6. The maximum Gasteiger partial charge on any atom is 0.341 e. The SMILES string of the molecule is CCOC(=O)c1cnc2cc(C)c(C)cc2c1N1CCCNCC1. The molecule has 0 atom stereocenters. The molecule has 1 N–H and O–H groups in total. The van der Waals surface area contributed by atoms with Crippen LogP contribution in [-0.2, 0) is 4.74 Å². The van der Waals surface area contributed by atoms with Gasteiger partial charge in [0.1, 0.15) is 5.56 Å². The van der Waals surface area contributed by atoms with Gasteiger partial charge in [0.05, 0.1) is 17.8 Å². The van der Waals surface area contributed by atoms with Crippen LogP contribution in [0.4, 0.5) is 5.69 Å². The first-order valence-electron chi connectivity index (χ1n) is 8.64. The second kappa shape index (κ2) is 7.18. The van der Waals surface area contributed by atoms with Gasteiger partial charge in [0, 0.05) is 31.2 Å². The molecule has 1 aliphatic rings. The van der Waals surface area contributed by atoms with E-state index in [9.17, 15) is 4.79 Å². The maximum atomic E-state index is 12.5. The summed E-state index contributed by atoms with van der Waals surface area (Å²) in [5.74, 6) is -0.294. The van der Waals surface area contributed by atoms with E-state index in [1.54, 1.807) is 6.20 Å². The van der Waals surface area contributed by atoms with Crippen molar-refractivity contribution in [1.29, 1.82) is 0 Å². The minimum atomic E-state index is -0.294. The smallest absolute Gasteiger partial charge is 0.341 e. The second-order valence-corrected chi connectivity index (χ2v) is 6.29. The molecule has 1 aromatic carbocycles. The average molecular weight is 327 g/mol. The van der Waals surface area contributed by atoms with Crippen LogP contribution in [0, 0.1) is 13.8 Å². The highest BCUT2D eigenvalue weighted by atomic mass is 16.5. The number of nitrogens with zero attached hydrogens (tertiary/aromatic N) is 2. The van der Waals surface area contributed by atoms with Gasteiger partial charge < -0.3 is 15.0 Å². The molecule has 0 amide bonds. The summed E-state index contributed by atoms with van der Waals surface area (Å²) in [7, 11) is 0. The van der Waals surface area contributed by atoms with Crippen LogP contribution in [-0.4, -0.2) is 43.7 Å². The summed E-state index contributed by atoms with van der Waals surface area (Å²) >= 11 is 0. The molecule has 0 saturated carbocycles. The molecule has 0 radical (unpaired) electrons. The fourth-order valence-corrected chi connectivity index (χ4v) is 3.21. The Labute approximate surface area is 143 Å². The van der Waals surface area contributed by atoms with Crippen LogP contribution in [0.25, 0.3) is 10.9 Å². The third kappa shape index (κ3) is 3.22. The fraction of sp³-hybridized carbons (Fsp3) is 0.474. The number of hydrogen-bond donors (Lipinski definition) is 1. The maximum absolute atomic E-state index is 12.5. The molecule has 1 aromatic heterocycles. The van der Waals surface area contributed by atoms with Crippen molar-refractivity contribution in [2.75, 3.05) is 37.7 Å². The summed E-state index contributed by atoms with van der Waals surface area (Å²) in [4.78, 5) is 19.3. The lowest BCUT2D eigenvalue weighted by molar-refractivity contribution is 0.0527. The van der Waals surface area contributed by atoms with Crippen LogP contribution in [0.3, 0.4) is 0 Å². The van der Waals surface area contributed by atoms with Crippen molar-refractivity contribution in [1.82, 2.24) is 10.3 Å². The predicted octanol–water partition coefficient (Wildman–Crippen LogP) is 2.83. The molecule has 1 fully saturated rings. The molecule has 0 unspecified atom stereocenters. The van der Waals surface area contributed by atoms with E-state index < -0.39 is 0 Å². The minimum Gasteiger partial charge on any atom is -0.462 e. The van der Waals surface area contributed by atoms with E-state index in [1.165, 1.54) is 11.1 Å². The number of ether oxygens (including phenoxy) is 1. The van der Waals surface area contributed by atoms with Gasteiger partial charge in [0.2, 0.25) is 0 Å². The molecule has 0 bridgehead atoms. The highest BCUT2D eigenvalue weighted by Gasteiger charge is 2.22. The van der Waals surface area contributed by atoms with E-state index in [-0.39, 0.29) is 5.97 Å². The van der Waals surface area contributed by atoms with Gasteiger partial charge in [-0.2, -0.15) is 0 Å². The van der Waals surface area contributed by atoms with Gasteiger partial charge in [0.25, 0.3) is 0 Å². The van der Waals surface area contributed by atoms with Crippen molar-refractivity contribution < 1.29 is 9.53 Å². The highest BCUT2D eigenvalue weighted by Crippen LogP contribution is 2.32. The summed E-state index contributed by atoms with van der Waals surface area (Å²) in [6, 6.07) is 4.24. The van der Waals surface area contributed by atoms with E-state index in [1.807, 2.05) is 6.92 Å². The van der Waals surface area contributed by atoms with Crippen molar-refractivity contribution in [2.24, 2.45) is 0 Å². The molecule has 0 spiro atoms. The van der Waals surface area contributed by atoms with Gasteiger partial charge in [-0.1, -0.05) is 0 Å². The van der Waals surface area contributed by atoms with Crippen molar-refractivity contribution in [2.45, 2.75) is 27.2 Å². The Morgan fingerprint density at radius 3 is 2.83 bits per heavy atom. The summed E-state index contributed by atoms with van der Waals surface area (Å²) in [6.45, 7) is 10.1. The molecule has 0 aliphatic carbocycles. The van der Waals surface area contributed by atoms with E-state index in [4.69, 9.17) is 4.74 Å². The number of anilines is 1. The largest absolute Gasteiger partial charge is 0.462 e. The zero-order valence-electron chi connectivity index (χ0n) is 14.7. The van der Waals surface area contributed by atoms with Gasteiger partial charge in [-0.3, -0.25) is 4.98 Å². The van der Waals surface area contributed by atoms with Crippen LogP contribution in [0.15, 0.2) is 18.3 Å². The number of aryl methyl sites for hydroxylation is 2. The molecule has 1 aliphatic heterocycles. The first-order valence-corrected chi connectivity index (χ1v) is 8.64. The zero-order valence-corrected chi connectivity index (χ0v) is 14.7. The van der Waals surface area contributed by atoms with E-state index in [0.29, 0.717) is 12.2 Å². The Hall–Kier alpha value is -2.14. The molecule has 5 nitrogen and oxygen atoms in total. The van der Waals surface area contributed by atoms with Crippen LogP contribution < -0.4 is 10.2 Å². The Kier molecular flexibility index (Phi) is 5.00.